The van der Waals surface area contributed by atoms with Crippen LogP contribution in [0.1, 0.15) is 0 Å². The Hall–Kier alpha value is -10.2. The van der Waals surface area contributed by atoms with Gasteiger partial charge < -0.3 is 14.4 Å². The molecule has 0 unspecified atom stereocenters. The molecular weight excluding hydrogens is 931 g/mol. The molecule has 0 saturated heterocycles. The zero-order valence-corrected chi connectivity index (χ0v) is 42.3. The minimum Gasteiger partial charge on any atom is -0.310 e. The van der Waals surface area contributed by atoms with Gasteiger partial charge in [-0.3, -0.25) is 0 Å². The Bertz CT molecular complexity index is 3990. The van der Waals surface area contributed by atoms with E-state index in [9.17, 15) is 0 Å². The van der Waals surface area contributed by atoms with Gasteiger partial charge in [0.05, 0.1) is 16.7 Å². The highest BCUT2D eigenvalue weighted by atomic mass is 15.1. The maximum atomic E-state index is 2.49. The molecule has 14 rings (SSSR count). The number of fused-ring (bicyclic) bond motifs is 6. The molecule has 0 atom stereocenters. The first kappa shape index (κ1) is 45.4. The fourth-order valence-electron chi connectivity index (χ4n) is 11.4. The fraction of sp³-hybridized carbons (Fsp3) is 0. The number of rotatable bonds is 11. The molecule has 0 amide bonds. The van der Waals surface area contributed by atoms with Gasteiger partial charge in [-0.2, -0.15) is 0 Å². The largest absolute Gasteiger partial charge is 0.310 e. The van der Waals surface area contributed by atoms with Gasteiger partial charge in [0.2, 0.25) is 0 Å². The second kappa shape index (κ2) is 19.6. The maximum absolute atomic E-state index is 2.49. The monoisotopic (exact) mass is 981 g/mol. The molecular formula is C74H51N3. The van der Waals surface area contributed by atoms with Crippen molar-refractivity contribution in [3.63, 3.8) is 0 Å². The zero-order chi connectivity index (χ0) is 51.1. The van der Waals surface area contributed by atoms with Crippen LogP contribution < -0.4 is 9.80 Å². The molecule has 362 valence electrons. The number of hydrogen-bond acceptors (Lipinski definition) is 2. The summed E-state index contributed by atoms with van der Waals surface area (Å²) >= 11 is 0. The topological polar surface area (TPSA) is 11.4 Å². The van der Waals surface area contributed by atoms with Crippen LogP contribution in [0.5, 0.6) is 0 Å². The smallest absolute Gasteiger partial charge is 0.0546 e. The van der Waals surface area contributed by atoms with Crippen molar-refractivity contribution in [3.8, 4) is 50.2 Å². The third-order valence-corrected chi connectivity index (χ3v) is 15.2. The third-order valence-electron chi connectivity index (χ3n) is 15.2. The summed E-state index contributed by atoms with van der Waals surface area (Å²) in [6.07, 6.45) is 0. The summed E-state index contributed by atoms with van der Waals surface area (Å²) in [6, 6.07) is 113. The van der Waals surface area contributed by atoms with Crippen LogP contribution in [-0.4, -0.2) is 4.57 Å². The molecule has 0 radical (unpaired) electrons. The Labute approximate surface area is 449 Å². The predicted octanol–water partition coefficient (Wildman–Crippen LogP) is 20.7. The van der Waals surface area contributed by atoms with Crippen LogP contribution in [0.4, 0.5) is 34.1 Å². The normalized spacial score (nSPS) is 11.4. The van der Waals surface area contributed by atoms with Gasteiger partial charge >= 0.3 is 0 Å². The fourth-order valence-corrected chi connectivity index (χ4v) is 11.4. The van der Waals surface area contributed by atoms with Gasteiger partial charge in [0.25, 0.3) is 0 Å². The molecule has 0 saturated carbocycles. The molecule has 0 aliphatic heterocycles. The van der Waals surface area contributed by atoms with E-state index in [0.717, 1.165) is 61.6 Å². The van der Waals surface area contributed by atoms with Gasteiger partial charge in [0.1, 0.15) is 0 Å². The standard InChI is InChI=1S/C74H51N3/c1-5-17-52(18-6-1)56-29-37-61(38-30-56)75(62-39-31-57(32-40-62)53-19-7-2-8-20-53)65-45-47-72-70(50-65)71-51-66(46-48-73(71)77(72)74-49-60-25-13-14-26-67(60)68-27-15-16-28-69(68)74)76(63-41-33-58(34-42-63)54-21-9-3-10-22-54)64-43-35-59(36-44-64)55-23-11-4-12-24-55/h1-51H. The van der Waals surface area contributed by atoms with Crippen molar-refractivity contribution in [2.24, 2.45) is 0 Å². The van der Waals surface area contributed by atoms with E-state index in [1.165, 1.54) is 66.1 Å². The van der Waals surface area contributed by atoms with E-state index in [2.05, 4.69) is 324 Å². The van der Waals surface area contributed by atoms with Crippen LogP contribution in [-0.2, 0) is 0 Å². The van der Waals surface area contributed by atoms with Crippen LogP contribution in [0.2, 0.25) is 0 Å². The van der Waals surface area contributed by atoms with Crippen molar-refractivity contribution in [1.82, 2.24) is 4.57 Å². The number of anilines is 6. The van der Waals surface area contributed by atoms with Crippen molar-refractivity contribution in [1.29, 1.82) is 0 Å². The van der Waals surface area contributed by atoms with Gasteiger partial charge in [0.15, 0.2) is 0 Å². The Morgan fingerprint density at radius 3 is 0.844 bits per heavy atom. The molecule has 0 fully saturated rings. The van der Waals surface area contributed by atoms with E-state index in [-0.39, 0.29) is 0 Å². The second-order valence-corrected chi connectivity index (χ2v) is 19.7. The van der Waals surface area contributed by atoms with E-state index in [4.69, 9.17) is 0 Å². The molecule has 77 heavy (non-hydrogen) atoms. The van der Waals surface area contributed by atoms with E-state index >= 15 is 0 Å². The lowest BCUT2D eigenvalue weighted by Gasteiger charge is -2.26. The Balaban J connectivity index is 0.991. The summed E-state index contributed by atoms with van der Waals surface area (Å²) in [5, 5.41) is 7.20. The molecule has 0 aliphatic rings. The van der Waals surface area contributed by atoms with Crippen molar-refractivity contribution in [2.45, 2.75) is 0 Å². The van der Waals surface area contributed by atoms with Gasteiger partial charge in [0, 0.05) is 50.3 Å². The van der Waals surface area contributed by atoms with Crippen molar-refractivity contribution >= 4 is 77.5 Å². The summed E-state index contributed by atoms with van der Waals surface area (Å²) in [4.78, 5) is 4.80. The van der Waals surface area contributed by atoms with Crippen molar-refractivity contribution in [2.75, 3.05) is 9.80 Å². The Kier molecular flexibility index (Phi) is 11.5. The summed E-state index contributed by atoms with van der Waals surface area (Å²) in [5.74, 6) is 0. The number of benzene rings is 13. The lowest BCUT2D eigenvalue weighted by molar-refractivity contribution is 1.20. The number of hydrogen-bond donors (Lipinski definition) is 0. The predicted molar refractivity (Wildman–Crippen MR) is 327 cm³/mol. The number of nitrogens with zero attached hydrogens (tertiary/aromatic N) is 3. The van der Waals surface area contributed by atoms with Crippen molar-refractivity contribution < 1.29 is 0 Å². The first-order valence-electron chi connectivity index (χ1n) is 26.4. The first-order chi connectivity index (χ1) is 38.2. The SMILES string of the molecule is c1ccc(-c2ccc(N(c3ccc(-c4ccccc4)cc3)c3ccc4c(c3)c3cc(N(c5ccc(-c6ccccc6)cc5)c5ccc(-c6ccccc6)cc5)ccc3n4-c3cc4ccccc4c4ccccc34)cc2)cc1. The summed E-state index contributed by atoms with van der Waals surface area (Å²) < 4.78 is 2.49. The van der Waals surface area contributed by atoms with Crippen LogP contribution in [0, 0.1) is 0 Å². The molecule has 3 nitrogen and oxygen atoms in total. The van der Waals surface area contributed by atoms with E-state index in [1.807, 2.05) is 0 Å². The quantitative estimate of drug-likeness (QED) is 0.120. The molecule has 0 bridgehead atoms. The van der Waals surface area contributed by atoms with E-state index in [1.54, 1.807) is 0 Å². The molecule has 14 aromatic rings. The number of aromatic nitrogens is 1. The zero-order valence-electron chi connectivity index (χ0n) is 42.3. The van der Waals surface area contributed by atoms with Crippen LogP contribution in [0.25, 0.3) is 93.5 Å². The Morgan fingerprint density at radius 1 is 0.195 bits per heavy atom. The molecule has 1 aromatic heterocycles. The van der Waals surface area contributed by atoms with Crippen molar-refractivity contribution in [3.05, 3.63) is 309 Å². The lowest BCUT2D eigenvalue weighted by atomic mass is 10.00. The highest BCUT2D eigenvalue weighted by molar-refractivity contribution is 6.16. The molecule has 1 heterocycles. The minimum atomic E-state index is 1.06. The second-order valence-electron chi connectivity index (χ2n) is 19.7. The van der Waals surface area contributed by atoms with Crippen LogP contribution in [0.15, 0.2) is 309 Å². The molecule has 0 spiro atoms. The molecule has 3 heteroatoms. The highest BCUT2D eigenvalue weighted by Gasteiger charge is 2.22. The minimum absolute atomic E-state index is 1.06. The van der Waals surface area contributed by atoms with E-state index < -0.39 is 0 Å². The molecule has 0 aliphatic carbocycles. The maximum Gasteiger partial charge on any atom is 0.0546 e. The van der Waals surface area contributed by atoms with E-state index in [0.29, 0.717) is 0 Å². The average molecular weight is 982 g/mol. The van der Waals surface area contributed by atoms with Crippen LogP contribution in [0.3, 0.4) is 0 Å². The first-order valence-corrected chi connectivity index (χ1v) is 26.4. The molecule has 0 N–H and O–H groups in total. The average Bonchev–Trinajstić information content (AvgIpc) is 3.86. The summed E-state index contributed by atoms with van der Waals surface area (Å²) in [6.45, 7) is 0. The van der Waals surface area contributed by atoms with Gasteiger partial charge in [-0.05, 0) is 152 Å². The van der Waals surface area contributed by atoms with Gasteiger partial charge in [-0.25, -0.2) is 0 Å². The molecule has 13 aromatic carbocycles. The summed E-state index contributed by atoms with van der Waals surface area (Å²) in [5.41, 5.74) is 19.3. The highest BCUT2D eigenvalue weighted by Crippen LogP contribution is 2.45. The van der Waals surface area contributed by atoms with Crippen LogP contribution >= 0.6 is 0 Å². The lowest BCUT2D eigenvalue weighted by Crippen LogP contribution is -2.10. The van der Waals surface area contributed by atoms with Gasteiger partial charge in [-0.15, -0.1) is 0 Å². The van der Waals surface area contributed by atoms with Gasteiger partial charge in [-0.1, -0.05) is 218 Å². The Morgan fingerprint density at radius 2 is 0.481 bits per heavy atom. The summed E-state index contributed by atoms with van der Waals surface area (Å²) in [7, 11) is 0. The third kappa shape index (κ3) is 8.47.